The second-order valence-electron chi connectivity index (χ2n) is 9.41. The number of halogens is 2. The summed E-state index contributed by atoms with van der Waals surface area (Å²) in [4.78, 5) is 4.52. The maximum atomic E-state index is 4.52. The molecule has 0 bridgehead atoms. The van der Waals surface area contributed by atoms with Gasteiger partial charge in [-0.05, 0) is 43.2 Å². The van der Waals surface area contributed by atoms with Crippen molar-refractivity contribution in [1.29, 1.82) is 0 Å². The predicted octanol–water partition coefficient (Wildman–Crippen LogP) is 5.40. The first-order valence-electron chi connectivity index (χ1n) is 11.5. The van der Waals surface area contributed by atoms with E-state index in [1.54, 1.807) is 0 Å². The van der Waals surface area contributed by atoms with E-state index >= 15 is 0 Å². The van der Waals surface area contributed by atoms with Gasteiger partial charge in [-0.25, -0.2) is 0 Å². The topological polar surface area (TPSA) is 15.4 Å². The number of alkyl halides is 1. The van der Waals surface area contributed by atoms with Crippen molar-refractivity contribution in [2.75, 3.05) is 11.0 Å². The largest absolute Gasteiger partial charge is 1.00 e. The van der Waals surface area contributed by atoms with Crippen LogP contribution in [0.15, 0.2) is 53.5 Å². The minimum absolute atomic E-state index is 0. The summed E-state index contributed by atoms with van der Waals surface area (Å²) in [6.07, 6.45) is 2.50. The van der Waals surface area contributed by atoms with Crippen molar-refractivity contribution in [1.82, 2.24) is 0 Å². The van der Waals surface area contributed by atoms with E-state index in [2.05, 4.69) is 130 Å². The Morgan fingerprint density at radius 2 is 1.34 bits per heavy atom. The minimum atomic E-state index is 0. The summed E-state index contributed by atoms with van der Waals surface area (Å²) in [5.41, 5.74) is 8.39. The van der Waals surface area contributed by atoms with E-state index in [1.807, 2.05) is 6.07 Å². The molecule has 0 spiro atoms. The average molecular weight is 658 g/mol. The summed E-state index contributed by atoms with van der Waals surface area (Å²) in [5.74, 6) is 0. The molecule has 2 heterocycles. The van der Waals surface area contributed by atoms with Crippen LogP contribution >= 0.6 is 22.6 Å². The standard InChI is InChI=1S/C14H20N.C11H13N.C3H7I.HI/c1-5-10-15-11(2)14(3,4)12-8-6-7-9-13(12)15;1-8-11(2,3)9-6-4-5-7-10(9)12-8;1-2-3-4;/h6-9H,5,10H2,1-4H3;4-7H,1-3H3;2-3H2,1H3;1H/q+1;;;/p-1. The zero-order valence-electron chi connectivity index (χ0n) is 21.1. The molecule has 0 amide bonds. The zero-order valence-corrected chi connectivity index (χ0v) is 25.4. The predicted molar refractivity (Wildman–Crippen MR) is 147 cm³/mol. The van der Waals surface area contributed by atoms with Gasteiger partial charge < -0.3 is 24.0 Å². The first-order valence-corrected chi connectivity index (χ1v) is 13.1. The SMILES string of the molecule is CC1=Nc2ccccc2C1(C)C.CCCI.CCC[N+]1=C(C)C(C)(C)c2ccccc21.[I-]. The third kappa shape index (κ3) is 6.22. The van der Waals surface area contributed by atoms with Gasteiger partial charge in [-0.1, -0.05) is 86.7 Å². The van der Waals surface area contributed by atoms with Crippen LogP contribution in [-0.4, -0.2) is 27.0 Å². The van der Waals surface area contributed by atoms with Gasteiger partial charge in [0.15, 0.2) is 5.71 Å². The molecular weight excluding hydrogens is 618 g/mol. The molecule has 32 heavy (non-hydrogen) atoms. The fourth-order valence-electron chi connectivity index (χ4n) is 4.08. The first kappa shape index (κ1) is 29.3. The van der Waals surface area contributed by atoms with Crippen LogP contribution < -0.4 is 24.0 Å². The highest BCUT2D eigenvalue weighted by molar-refractivity contribution is 14.1. The first-order chi connectivity index (χ1) is 14.6. The highest BCUT2D eigenvalue weighted by atomic mass is 127. The molecule has 0 saturated carbocycles. The van der Waals surface area contributed by atoms with Gasteiger partial charge in [-0.3, -0.25) is 4.99 Å². The van der Waals surface area contributed by atoms with E-state index in [-0.39, 0.29) is 34.8 Å². The number of hydrogen-bond acceptors (Lipinski definition) is 1. The lowest BCUT2D eigenvalue weighted by Crippen LogP contribution is -3.00. The molecule has 4 heteroatoms. The van der Waals surface area contributed by atoms with Crippen molar-refractivity contribution < 1.29 is 28.6 Å². The Bertz CT molecular complexity index is 953. The number of fused-ring (bicyclic) bond motifs is 2. The van der Waals surface area contributed by atoms with E-state index < -0.39 is 0 Å². The Labute approximate surface area is 227 Å². The maximum absolute atomic E-state index is 4.52. The second-order valence-corrected chi connectivity index (χ2v) is 10.5. The quantitative estimate of drug-likeness (QED) is 0.239. The number of nitrogens with zero attached hydrogens (tertiary/aromatic N) is 2. The smallest absolute Gasteiger partial charge is 0.209 e. The number of aliphatic imine (C=N–C) groups is 1. The summed E-state index contributed by atoms with van der Waals surface area (Å²) in [6, 6.07) is 17.1. The molecule has 2 aromatic carbocycles. The fraction of sp³-hybridized carbons (Fsp3) is 0.500. The molecule has 0 aliphatic carbocycles. The Morgan fingerprint density at radius 3 is 1.88 bits per heavy atom. The molecule has 2 aliphatic heterocycles. The Balaban J connectivity index is 0.000000272. The molecule has 0 radical (unpaired) electrons. The highest BCUT2D eigenvalue weighted by Crippen LogP contribution is 2.40. The van der Waals surface area contributed by atoms with Crippen molar-refractivity contribution in [2.45, 2.75) is 79.1 Å². The molecule has 0 atom stereocenters. The summed E-state index contributed by atoms with van der Waals surface area (Å²) >= 11 is 2.35. The van der Waals surface area contributed by atoms with Crippen LogP contribution in [-0.2, 0) is 10.8 Å². The Kier molecular flexibility index (Phi) is 11.6. The van der Waals surface area contributed by atoms with Crippen molar-refractivity contribution in [3.05, 3.63) is 59.7 Å². The van der Waals surface area contributed by atoms with Crippen LogP contribution in [0, 0.1) is 0 Å². The molecule has 176 valence electrons. The number of benzene rings is 2. The molecule has 4 rings (SSSR count). The molecule has 2 aromatic rings. The Morgan fingerprint density at radius 1 is 0.812 bits per heavy atom. The van der Waals surface area contributed by atoms with Crippen LogP contribution in [0.25, 0.3) is 0 Å². The summed E-state index contributed by atoms with van der Waals surface area (Å²) < 4.78 is 3.76. The number of rotatable bonds is 3. The Hall–Kier alpha value is -0.760. The van der Waals surface area contributed by atoms with Gasteiger partial charge in [-0.15, -0.1) is 0 Å². The van der Waals surface area contributed by atoms with Gasteiger partial charge in [0.2, 0.25) is 5.69 Å². The normalized spacial score (nSPS) is 16.5. The van der Waals surface area contributed by atoms with Gasteiger partial charge in [0.25, 0.3) is 0 Å². The molecule has 2 aliphatic rings. The van der Waals surface area contributed by atoms with Crippen molar-refractivity contribution in [3.63, 3.8) is 0 Å². The van der Waals surface area contributed by atoms with Crippen LogP contribution in [0.4, 0.5) is 11.4 Å². The summed E-state index contributed by atoms with van der Waals surface area (Å²) in [6.45, 7) is 19.0. The fourth-order valence-corrected chi connectivity index (χ4v) is 4.08. The molecule has 2 nitrogen and oxygen atoms in total. The van der Waals surface area contributed by atoms with Crippen LogP contribution in [0.1, 0.15) is 79.4 Å². The lowest BCUT2D eigenvalue weighted by atomic mass is 9.82. The van der Waals surface area contributed by atoms with Gasteiger partial charge in [0, 0.05) is 36.1 Å². The molecule has 0 N–H and O–H groups in total. The van der Waals surface area contributed by atoms with Crippen molar-refractivity contribution in [3.8, 4) is 0 Å². The second kappa shape index (κ2) is 12.6. The van der Waals surface area contributed by atoms with E-state index in [9.17, 15) is 0 Å². The number of hydrogen-bond donors (Lipinski definition) is 0. The minimum Gasteiger partial charge on any atom is -1.00 e. The lowest BCUT2D eigenvalue weighted by Gasteiger charge is -2.19. The molecule has 0 saturated heterocycles. The van der Waals surface area contributed by atoms with E-state index in [1.165, 1.54) is 45.5 Å². The monoisotopic (exact) mass is 658 g/mol. The maximum Gasteiger partial charge on any atom is 0.209 e. The van der Waals surface area contributed by atoms with Crippen LogP contribution in [0.3, 0.4) is 0 Å². The van der Waals surface area contributed by atoms with E-state index in [0.29, 0.717) is 0 Å². The third-order valence-electron chi connectivity index (χ3n) is 6.58. The lowest BCUT2D eigenvalue weighted by molar-refractivity contribution is -0.438. The summed E-state index contributed by atoms with van der Waals surface area (Å²) in [5, 5.41) is 0. The van der Waals surface area contributed by atoms with Gasteiger partial charge in [0.1, 0.15) is 6.54 Å². The van der Waals surface area contributed by atoms with Crippen molar-refractivity contribution in [2.24, 2.45) is 4.99 Å². The summed E-state index contributed by atoms with van der Waals surface area (Å²) in [7, 11) is 0. The third-order valence-corrected chi connectivity index (χ3v) is 7.66. The van der Waals surface area contributed by atoms with E-state index in [4.69, 9.17) is 0 Å². The van der Waals surface area contributed by atoms with Crippen molar-refractivity contribution >= 4 is 45.4 Å². The number of para-hydroxylation sites is 2. The van der Waals surface area contributed by atoms with Gasteiger partial charge >= 0.3 is 0 Å². The zero-order chi connectivity index (χ0) is 23.2. The van der Waals surface area contributed by atoms with E-state index in [0.717, 1.165) is 12.2 Å². The average Bonchev–Trinajstić information content (AvgIpc) is 3.11. The van der Waals surface area contributed by atoms with Crippen LogP contribution in [0.5, 0.6) is 0 Å². The highest BCUT2D eigenvalue weighted by Gasteiger charge is 2.42. The molecule has 0 fully saturated rings. The molecule has 0 aromatic heterocycles. The molecular formula is C28H40I2N2. The van der Waals surface area contributed by atoms with Gasteiger partial charge in [0.05, 0.1) is 11.1 Å². The van der Waals surface area contributed by atoms with Gasteiger partial charge in [-0.2, -0.15) is 4.58 Å². The molecule has 0 unspecified atom stereocenters. The van der Waals surface area contributed by atoms with Crippen LogP contribution in [0.2, 0.25) is 0 Å².